The van der Waals surface area contributed by atoms with E-state index >= 15 is 0 Å². The maximum absolute atomic E-state index is 13.1. The third kappa shape index (κ3) is 1.74. The fraction of sp³-hybridized carbons (Fsp3) is 0.0667. The van der Waals surface area contributed by atoms with Crippen LogP contribution < -0.4 is 5.73 Å². The Bertz CT molecular complexity index is 730. The highest BCUT2D eigenvalue weighted by Crippen LogP contribution is 2.31. The van der Waals surface area contributed by atoms with E-state index in [9.17, 15) is 4.39 Å². The standard InChI is InChI=1S/C15H12FNO/c1-9-6-12(17)3-4-13(9)15-8-10-7-11(16)2-5-14(10)18-15/h2-8H,17H2,1H3. The first kappa shape index (κ1) is 10.8. The molecule has 0 spiro atoms. The average molecular weight is 241 g/mol. The van der Waals surface area contributed by atoms with Crippen molar-refractivity contribution in [2.75, 3.05) is 5.73 Å². The van der Waals surface area contributed by atoms with Crippen molar-refractivity contribution in [1.82, 2.24) is 0 Å². The minimum atomic E-state index is -0.260. The van der Waals surface area contributed by atoms with E-state index in [1.165, 1.54) is 12.1 Å². The summed E-state index contributed by atoms with van der Waals surface area (Å²) in [6.07, 6.45) is 0. The lowest BCUT2D eigenvalue weighted by Crippen LogP contribution is -1.87. The fourth-order valence-electron chi connectivity index (χ4n) is 2.11. The van der Waals surface area contributed by atoms with Gasteiger partial charge >= 0.3 is 0 Å². The molecule has 3 heteroatoms. The smallest absolute Gasteiger partial charge is 0.135 e. The molecule has 1 heterocycles. The van der Waals surface area contributed by atoms with Crippen LogP contribution in [0.1, 0.15) is 5.56 Å². The quantitative estimate of drug-likeness (QED) is 0.650. The van der Waals surface area contributed by atoms with Crippen LogP contribution in [-0.4, -0.2) is 0 Å². The molecule has 2 aromatic carbocycles. The number of rotatable bonds is 1. The molecular weight excluding hydrogens is 229 g/mol. The van der Waals surface area contributed by atoms with Gasteiger partial charge in [-0.25, -0.2) is 4.39 Å². The normalized spacial score (nSPS) is 11.0. The van der Waals surface area contributed by atoms with E-state index in [4.69, 9.17) is 10.2 Å². The molecule has 0 atom stereocenters. The number of anilines is 1. The summed E-state index contributed by atoms with van der Waals surface area (Å²) in [5, 5.41) is 0.765. The number of furan rings is 1. The molecule has 0 aliphatic rings. The minimum Gasteiger partial charge on any atom is -0.456 e. The Hall–Kier alpha value is -2.29. The molecule has 2 N–H and O–H groups in total. The lowest BCUT2D eigenvalue weighted by molar-refractivity contribution is 0.619. The van der Waals surface area contributed by atoms with Gasteiger partial charge in [-0.2, -0.15) is 0 Å². The molecule has 18 heavy (non-hydrogen) atoms. The van der Waals surface area contributed by atoms with Gasteiger partial charge in [0.05, 0.1) is 0 Å². The van der Waals surface area contributed by atoms with Crippen LogP contribution in [0, 0.1) is 12.7 Å². The summed E-state index contributed by atoms with van der Waals surface area (Å²) in [5.41, 5.74) is 9.13. The number of fused-ring (bicyclic) bond motifs is 1. The number of benzene rings is 2. The van der Waals surface area contributed by atoms with Gasteiger partial charge in [0.2, 0.25) is 0 Å². The van der Waals surface area contributed by atoms with Crippen molar-refractivity contribution in [2.45, 2.75) is 6.92 Å². The molecule has 0 radical (unpaired) electrons. The fourth-order valence-corrected chi connectivity index (χ4v) is 2.11. The predicted octanol–water partition coefficient (Wildman–Crippen LogP) is 4.13. The Kier molecular flexibility index (Phi) is 2.33. The summed E-state index contributed by atoms with van der Waals surface area (Å²) in [6.45, 7) is 1.97. The number of hydrogen-bond donors (Lipinski definition) is 1. The molecule has 3 aromatic rings. The van der Waals surface area contributed by atoms with Crippen molar-refractivity contribution in [1.29, 1.82) is 0 Å². The molecule has 0 saturated carbocycles. The molecule has 0 saturated heterocycles. The Morgan fingerprint density at radius 3 is 2.67 bits per heavy atom. The van der Waals surface area contributed by atoms with Gasteiger partial charge in [0.1, 0.15) is 17.2 Å². The van der Waals surface area contributed by atoms with Crippen molar-refractivity contribution in [3.05, 3.63) is 53.8 Å². The van der Waals surface area contributed by atoms with Gasteiger partial charge in [-0.15, -0.1) is 0 Å². The zero-order chi connectivity index (χ0) is 12.7. The predicted molar refractivity (Wildman–Crippen MR) is 70.8 cm³/mol. The zero-order valence-electron chi connectivity index (χ0n) is 9.91. The second-order valence-corrected chi connectivity index (χ2v) is 4.37. The monoisotopic (exact) mass is 241 g/mol. The Morgan fingerprint density at radius 2 is 1.89 bits per heavy atom. The Labute approximate surface area is 104 Å². The molecule has 90 valence electrons. The van der Waals surface area contributed by atoms with Crippen LogP contribution in [0.25, 0.3) is 22.3 Å². The minimum absolute atomic E-state index is 0.260. The highest BCUT2D eigenvalue weighted by Gasteiger charge is 2.09. The van der Waals surface area contributed by atoms with E-state index < -0.39 is 0 Å². The summed E-state index contributed by atoms with van der Waals surface area (Å²) >= 11 is 0. The van der Waals surface area contributed by atoms with Gasteiger partial charge in [0.25, 0.3) is 0 Å². The second kappa shape index (κ2) is 3.88. The molecule has 0 aliphatic carbocycles. The second-order valence-electron chi connectivity index (χ2n) is 4.37. The third-order valence-corrected chi connectivity index (χ3v) is 2.99. The lowest BCUT2D eigenvalue weighted by Gasteiger charge is -2.02. The maximum atomic E-state index is 13.1. The number of halogens is 1. The van der Waals surface area contributed by atoms with Crippen molar-refractivity contribution in [3.63, 3.8) is 0 Å². The first-order chi connectivity index (χ1) is 8.63. The van der Waals surface area contributed by atoms with E-state index in [1.54, 1.807) is 6.07 Å². The van der Waals surface area contributed by atoms with E-state index in [2.05, 4.69) is 0 Å². The van der Waals surface area contributed by atoms with E-state index in [-0.39, 0.29) is 5.82 Å². The van der Waals surface area contributed by atoms with E-state index in [0.29, 0.717) is 5.58 Å². The number of nitrogen functional groups attached to an aromatic ring is 1. The molecule has 0 amide bonds. The van der Waals surface area contributed by atoms with Crippen molar-refractivity contribution in [2.24, 2.45) is 0 Å². The summed E-state index contributed by atoms with van der Waals surface area (Å²) in [4.78, 5) is 0. The maximum Gasteiger partial charge on any atom is 0.135 e. The van der Waals surface area contributed by atoms with Gasteiger partial charge in [0.15, 0.2) is 0 Å². The molecule has 3 rings (SSSR count). The van der Waals surface area contributed by atoms with Gasteiger partial charge in [-0.3, -0.25) is 0 Å². The van der Waals surface area contributed by atoms with Gasteiger partial charge in [-0.1, -0.05) is 0 Å². The number of nitrogens with two attached hydrogens (primary N) is 1. The van der Waals surface area contributed by atoms with E-state index in [0.717, 1.165) is 28.0 Å². The zero-order valence-corrected chi connectivity index (χ0v) is 9.91. The van der Waals surface area contributed by atoms with Gasteiger partial charge < -0.3 is 10.2 Å². The molecule has 1 aromatic heterocycles. The van der Waals surface area contributed by atoms with Crippen LogP contribution in [-0.2, 0) is 0 Å². The molecule has 0 bridgehead atoms. The van der Waals surface area contributed by atoms with Gasteiger partial charge in [0, 0.05) is 16.6 Å². The first-order valence-corrected chi connectivity index (χ1v) is 5.69. The summed E-state index contributed by atoms with van der Waals surface area (Å²) in [5.74, 6) is 0.469. The van der Waals surface area contributed by atoms with Crippen LogP contribution in [0.2, 0.25) is 0 Å². The molecular formula is C15H12FNO. The number of hydrogen-bond acceptors (Lipinski definition) is 2. The molecule has 0 fully saturated rings. The number of aryl methyl sites for hydroxylation is 1. The average Bonchev–Trinajstić information content (AvgIpc) is 2.71. The lowest BCUT2D eigenvalue weighted by atomic mass is 10.1. The summed E-state index contributed by atoms with van der Waals surface area (Å²) in [6, 6.07) is 12.0. The van der Waals surface area contributed by atoms with Crippen molar-refractivity contribution >= 4 is 16.7 Å². The SMILES string of the molecule is Cc1cc(N)ccc1-c1cc2cc(F)ccc2o1. The van der Waals surface area contributed by atoms with Crippen LogP contribution in [0.3, 0.4) is 0 Å². The largest absolute Gasteiger partial charge is 0.456 e. The Morgan fingerprint density at radius 1 is 1.06 bits per heavy atom. The Balaban J connectivity index is 2.19. The highest BCUT2D eigenvalue weighted by atomic mass is 19.1. The van der Waals surface area contributed by atoms with Crippen molar-refractivity contribution in [3.8, 4) is 11.3 Å². The van der Waals surface area contributed by atoms with Crippen LogP contribution >= 0.6 is 0 Å². The van der Waals surface area contributed by atoms with Gasteiger partial charge in [-0.05, 0) is 55.0 Å². The molecule has 0 unspecified atom stereocenters. The summed E-state index contributed by atoms with van der Waals surface area (Å²) < 4.78 is 18.8. The van der Waals surface area contributed by atoms with Crippen LogP contribution in [0.4, 0.5) is 10.1 Å². The third-order valence-electron chi connectivity index (χ3n) is 2.99. The van der Waals surface area contributed by atoms with Crippen LogP contribution in [0.15, 0.2) is 46.9 Å². The van der Waals surface area contributed by atoms with E-state index in [1.807, 2.05) is 31.2 Å². The summed E-state index contributed by atoms with van der Waals surface area (Å²) in [7, 11) is 0. The molecule has 0 aliphatic heterocycles. The molecule has 2 nitrogen and oxygen atoms in total. The topological polar surface area (TPSA) is 39.2 Å². The first-order valence-electron chi connectivity index (χ1n) is 5.69. The van der Waals surface area contributed by atoms with Crippen LogP contribution in [0.5, 0.6) is 0 Å². The highest BCUT2D eigenvalue weighted by molar-refractivity contribution is 5.83. The van der Waals surface area contributed by atoms with Crippen molar-refractivity contribution < 1.29 is 8.81 Å².